The number of hydrogen-bond donors (Lipinski definition) is 1. The number of carbonyl (C=O) groups excluding carboxylic acids is 1. The van der Waals surface area contributed by atoms with Crippen LogP contribution in [0, 0.1) is 5.92 Å². The van der Waals surface area contributed by atoms with Crippen LogP contribution in [-0.2, 0) is 11.3 Å². The molecule has 1 unspecified atom stereocenters. The normalized spacial score (nSPS) is 12.8. The van der Waals surface area contributed by atoms with Crippen LogP contribution in [0.5, 0.6) is 0 Å². The molecule has 0 bridgehead atoms. The van der Waals surface area contributed by atoms with Crippen LogP contribution in [0.1, 0.15) is 32.1 Å². The zero-order chi connectivity index (χ0) is 12.8. The lowest BCUT2D eigenvalue weighted by molar-refractivity contribution is -0.134. The van der Waals surface area contributed by atoms with Crippen molar-refractivity contribution in [2.75, 3.05) is 6.54 Å². The Labute approximate surface area is 108 Å². The summed E-state index contributed by atoms with van der Waals surface area (Å²) in [7, 11) is 0. The van der Waals surface area contributed by atoms with Gasteiger partial charge in [0.15, 0.2) is 0 Å². The molecule has 0 saturated carbocycles. The van der Waals surface area contributed by atoms with E-state index in [1.165, 1.54) is 4.88 Å². The van der Waals surface area contributed by atoms with E-state index in [9.17, 15) is 4.79 Å². The molecule has 0 aliphatic heterocycles. The van der Waals surface area contributed by atoms with Gasteiger partial charge >= 0.3 is 0 Å². The summed E-state index contributed by atoms with van der Waals surface area (Å²) in [5, 5.41) is 2.04. The van der Waals surface area contributed by atoms with E-state index in [1.807, 2.05) is 23.3 Å². The third-order valence-electron chi connectivity index (χ3n) is 2.78. The van der Waals surface area contributed by atoms with Gasteiger partial charge in [0.1, 0.15) is 0 Å². The van der Waals surface area contributed by atoms with Crippen LogP contribution in [0.4, 0.5) is 0 Å². The van der Waals surface area contributed by atoms with Crippen molar-refractivity contribution in [1.29, 1.82) is 0 Å². The van der Waals surface area contributed by atoms with Gasteiger partial charge in [-0.15, -0.1) is 11.3 Å². The maximum absolute atomic E-state index is 12.2. The molecule has 0 aliphatic rings. The molecule has 0 aromatic carbocycles. The summed E-state index contributed by atoms with van der Waals surface area (Å²) in [6, 6.07) is 4.32. The van der Waals surface area contributed by atoms with Crippen LogP contribution < -0.4 is 5.73 Å². The summed E-state index contributed by atoms with van der Waals surface area (Å²) in [6.07, 6.45) is 0.542. The van der Waals surface area contributed by atoms with Crippen LogP contribution >= 0.6 is 11.3 Å². The second-order valence-electron chi connectivity index (χ2n) is 4.74. The molecule has 1 atom stereocenters. The fraction of sp³-hybridized carbons (Fsp3) is 0.615. The molecular formula is C13H22N2OS. The molecule has 4 heteroatoms. The first kappa shape index (κ1) is 14.2. The third-order valence-corrected chi connectivity index (χ3v) is 3.64. The van der Waals surface area contributed by atoms with Crippen molar-refractivity contribution in [3.63, 3.8) is 0 Å². The van der Waals surface area contributed by atoms with Gasteiger partial charge in [-0.05, 0) is 37.8 Å². The second kappa shape index (κ2) is 6.77. The average molecular weight is 254 g/mol. The highest BCUT2D eigenvalue weighted by atomic mass is 32.1. The lowest BCUT2D eigenvalue weighted by Gasteiger charge is -2.27. The Morgan fingerprint density at radius 2 is 2.18 bits per heavy atom. The van der Waals surface area contributed by atoms with Gasteiger partial charge in [0, 0.05) is 17.3 Å². The molecule has 96 valence electrons. The molecule has 17 heavy (non-hydrogen) atoms. The highest BCUT2D eigenvalue weighted by Crippen LogP contribution is 2.16. The Morgan fingerprint density at radius 3 is 2.65 bits per heavy atom. The monoisotopic (exact) mass is 254 g/mol. The van der Waals surface area contributed by atoms with Gasteiger partial charge in [0.25, 0.3) is 0 Å². The van der Waals surface area contributed by atoms with Crippen molar-refractivity contribution in [3.05, 3.63) is 22.4 Å². The van der Waals surface area contributed by atoms with Gasteiger partial charge in [0.2, 0.25) is 5.91 Å². The first-order chi connectivity index (χ1) is 8.04. The summed E-state index contributed by atoms with van der Waals surface area (Å²) in [6.45, 7) is 7.40. The largest absolute Gasteiger partial charge is 0.335 e. The van der Waals surface area contributed by atoms with E-state index in [0.29, 0.717) is 19.5 Å². The smallest absolute Gasteiger partial charge is 0.223 e. The zero-order valence-corrected chi connectivity index (χ0v) is 11.7. The highest BCUT2D eigenvalue weighted by molar-refractivity contribution is 7.09. The number of rotatable bonds is 6. The predicted octanol–water partition coefficient (Wildman–Crippen LogP) is 2.47. The maximum Gasteiger partial charge on any atom is 0.223 e. The molecule has 1 heterocycles. The third kappa shape index (κ3) is 4.48. The van der Waals surface area contributed by atoms with Crippen LogP contribution in [0.2, 0.25) is 0 Å². The number of amides is 1. The number of nitrogens with zero attached hydrogens (tertiary/aromatic N) is 1. The van der Waals surface area contributed by atoms with E-state index in [2.05, 4.69) is 19.9 Å². The van der Waals surface area contributed by atoms with Crippen molar-refractivity contribution in [2.24, 2.45) is 11.7 Å². The first-order valence-electron chi connectivity index (χ1n) is 6.06. The van der Waals surface area contributed by atoms with Gasteiger partial charge in [-0.2, -0.15) is 0 Å². The molecule has 3 nitrogen and oxygen atoms in total. The van der Waals surface area contributed by atoms with Crippen molar-refractivity contribution in [3.8, 4) is 0 Å². The Kier molecular flexibility index (Phi) is 5.65. The summed E-state index contributed by atoms with van der Waals surface area (Å²) in [4.78, 5) is 15.3. The molecule has 0 spiro atoms. The molecular weight excluding hydrogens is 232 g/mol. The van der Waals surface area contributed by atoms with Crippen molar-refractivity contribution in [2.45, 2.75) is 39.8 Å². The van der Waals surface area contributed by atoms with Crippen molar-refractivity contribution < 1.29 is 4.79 Å². The Balaban J connectivity index is 2.62. The summed E-state index contributed by atoms with van der Waals surface area (Å²) < 4.78 is 0. The first-order valence-corrected chi connectivity index (χ1v) is 6.94. The quantitative estimate of drug-likeness (QED) is 0.847. The van der Waals surface area contributed by atoms with E-state index in [4.69, 9.17) is 5.73 Å². The molecule has 0 saturated heterocycles. The number of hydrogen-bond acceptors (Lipinski definition) is 3. The highest BCUT2D eigenvalue weighted by Gasteiger charge is 2.19. The van der Waals surface area contributed by atoms with Crippen LogP contribution in [-0.4, -0.2) is 23.4 Å². The Morgan fingerprint density at radius 1 is 1.47 bits per heavy atom. The van der Waals surface area contributed by atoms with E-state index < -0.39 is 0 Å². The minimum absolute atomic E-state index is 0.200. The molecule has 2 N–H and O–H groups in total. The number of nitrogens with two attached hydrogens (primary N) is 1. The maximum atomic E-state index is 12.2. The average Bonchev–Trinajstić information content (AvgIpc) is 2.77. The minimum atomic E-state index is 0.200. The molecule has 1 aromatic rings. The summed E-state index contributed by atoms with van der Waals surface area (Å²) in [5.41, 5.74) is 5.56. The SMILES string of the molecule is CC(CN)CC(=O)N(Cc1cccs1)C(C)C. The predicted molar refractivity (Wildman–Crippen MR) is 72.8 cm³/mol. The van der Waals surface area contributed by atoms with E-state index >= 15 is 0 Å². The minimum Gasteiger partial charge on any atom is -0.335 e. The molecule has 0 radical (unpaired) electrons. The van der Waals surface area contributed by atoms with Crippen LogP contribution in [0.25, 0.3) is 0 Å². The summed E-state index contributed by atoms with van der Waals surface area (Å²) >= 11 is 1.69. The van der Waals surface area contributed by atoms with Crippen LogP contribution in [0.15, 0.2) is 17.5 Å². The van der Waals surface area contributed by atoms with E-state index in [-0.39, 0.29) is 17.9 Å². The second-order valence-corrected chi connectivity index (χ2v) is 5.77. The van der Waals surface area contributed by atoms with E-state index in [1.54, 1.807) is 11.3 Å². The Hall–Kier alpha value is -0.870. The van der Waals surface area contributed by atoms with E-state index in [0.717, 1.165) is 0 Å². The van der Waals surface area contributed by atoms with Gasteiger partial charge < -0.3 is 10.6 Å². The van der Waals surface area contributed by atoms with Gasteiger partial charge in [-0.25, -0.2) is 0 Å². The molecule has 1 aromatic heterocycles. The van der Waals surface area contributed by atoms with Gasteiger partial charge in [0.05, 0.1) is 6.54 Å². The molecule has 1 amide bonds. The zero-order valence-electron chi connectivity index (χ0n) is 10.8. The molecule has 1 rings (SSSR count). The molecule has 0 aliphatic carbocycles. The van der Waals surface area contributed by atoms with Crippen molar-refractivity contribution >= 4 is 17.2 Å². The number of carbonyl (C=O) groups is 1. The standard InChI is InChI=1S/C13H22N2OS/c1-10(2)15(9-12-5-4-6-17-12)13(16)7-11(3)8-14/h4-6,10-11H,7-9,14H2,1-3H3. The lowest BCUT2D eigenvalue weighted by Crippen LogP contribution is -2.37. The summed E-state index contributed by atoms with van der Waals surface area (Å²) in [5.74, 6) is 0.457. The lowest BCUT2D eigenvalue weighted by atomic mass is 10.1. The van der Waals surface area contributed by atoms with Crippen molar-refractivity contribution in [1.82, 2.24) is 4.90 Å². The Bertz CT molecular complexity index is 335. The van der Waals surface area contributed by atoms with Gasteiger partial charge in [-0.1, -0.05) is 13.0 Å². The van der Waals surface area contributed by atoms with Gasteiger partial charge in [-0.3, -0.25) is 4.79 Å². The van der Waals surface area contributed by atoms with Crippen LogP contribution in [0.3, 0.4) is 0 Å². The fourth-order valence-corrected chi connectivity index (χ4v) is 2.33. The number of thiophene rings is 1. The fourth-order valence-electron chi connectivity index (χ4n) is 1.63. The topological polar surface area (TPSA) is 46.3 Å². The molecule has 0 fully saturated rings.